The summed E-state index contributed by atoms with van der Waals surface area (Å²) < 4.78 is 35.0. The number of anilines is 1. The largest absolute Gasteiger partial charge is 0.494 e. The summed E-state index contributed by atoms with van der Waals surface area (Å²) >= 11 is 1.21. The second-order valence-corrected chi connectivity index (χ2v) is 6.57. The SMILES string of the molecule is CCOc1ccc(CC(=O)Nc2nc(-c3ccccc3OC(F)F)cs2)cc1. The number of nitrogens with one attached hydrogen (secondary N) is 1. The minimum Gasteiger partial charge on any atom is -0.494 e. The summed E-state index contributed by atoms with van der Waals surface area (Å²) in [5.41, 5.74) is 1.73. The van der Waals surface area contributed by atoms with Gasteiger partial charge in [-0.25, -0.2) is 4.98 Å². The normalized spacial score (nSPS) is 10.7. The van der Waals surface area contributed by atoms with Crippen LogP contribution in [0.15, 0.2) is 53.9 Å². The van der Waals surface area contributed by atoms with Crippen LogP contribution in [-0.2, 0) is 11.2 Å². The molecule has 8 heteroatoms. The zero-order valence-corrected chi connectivity index (χ0v) is 15.8. The number of amides is 1. The first-order chi connectivity index (χ1) is 13.5. The third kappa shape index (κ3) is 5.26. The number of halogens is 2. The summed E-state index contributed by atoms with van der Waals surface area (Å²) in [5.74, 6) is 0.568. The van der Waals surface area contributed by atoms with Gasteiger partial charge in [-0.05, 0) is 36.8 Å². The Bertz CT molecular complexity index is 929. The van der Waals surface area contributed by atoms with Crippen LogP contribution in [0.1, 0.15) is 12.5 Å². The van der Waals surface area contributed by atoms with Crippen molar-refractivity contribution < 1.29 is 23.0 Å². The molecule has 0 aliphatic rings. The standard InChI is InChI=1S/C20H18F2N2O3S/c1-2-26-14-9-7-13(8-10-14)11-18(25)24-20-23-16(12-28-20)15-5-3-4-6-17(15)27-19(21)22/h3-10,12,19H,2,11H2,1H3,(H,23,24,25). The van der Waals surface area contributed by atoms with Crippen molar-refractivity contribution in [2.75, 3.05) is 11.9 Å². The van der Waals surface area contributed by atoms with Crippen LogP contribution in [0.5, 0.6) is 11.5 Å². The Morgan fingerprint density at radius 3 is 2.64 bits per heavy atom. The second kappa shape index (κ2) is 9.27. The number of carbonyl (C=O) groups excluding carboxylic acids is 1. The minimum absolute atomic E-state index is 0.0371. The number of para-hydroxylation sites is 1. The fraction of sp³-hybridized carbons (Fsp3) is 0.200. The quantitative estimate of drug-likeness (QED) is 0.575. The molecule has 0 unspecified atom stereocenters. The molecule has 1 heterocycles. The molecule has 0 saturated carbocycles. The molecule has 0 aliphatic carbocycles. The molecule has 2 aromatic carbocycles. The van der Waals surface area contributed by atoms with Crippen LogP contribution in [0.25, 0.3) is 11.3 Å². The van der Waals surface area contributed by atoms with Crippen LogP contribution >= 0.6 is 11.3 Å². The van der Waals surface area contributed by atoms with Gasteiger partial charge >= 0.3 is 6.61 Å². The number of hydrogen-bond donors (Lipinski definition) is 1. The zero-order chi connectivity index (χ0) is 19.9. The van der Waals surface area contributed by atoms with E-state index < -0.39 is 6.61 Å². The monoisotopic (exact) mass is 404 g/mol. The van der Waals surface area contributed by atoms with Crippen LogP contribution in [0.4, 0.5) is 13.9 Å². The molecule has 28 heavy (non-hydrogen) atoms. The number of ether oxygens (including phenoxy) is 2. The highest BCUT2D eigenvalue weighted by molar-refractivity contribution is 7.14. The number of alkyl halides is 2. The van der Waals surface area contributed by atoms with E-state index in [4.69, 9.17) is 4.74 Å². The third-order valence-electron chi connectivity index (χ3n) is 3.73. The highest BCUT2D eigenvalue weighted by Gasteiger charge is 2.14. The molecule has 1 N–H and O–H groups in total. The number of thiazole rings is 1. The van der Waals surface area contributed by atoms with E-state index in [0.717, 1.165) is 11.3 Å². The Kier molecular flexibility index (Phi) is 6.54. The van der Waals surface area contributed by atoms with Crippen LogP contribution in [0.3, 0.4) is 0 Å². The van der Waals surface area contributed by atoms with Crippen molar-refractivity contribution in [3.8, 4) is 22.8 Å². The average Bonchev–Trinajstić information content (AvgIpc) is 3.11. The van der Waals surface area contributed by atoms with Gasteiger partial charge in [0, 0.05) is 10.9 Å². The molecule has 1 aromatic heterocycles. The van der Waals surface area contributed by atoms with Crippen LogP contribution < -0.4 is 14.8 Å². The van der Waals surface area contributed by atoms with Gasteiger partial charge in [-0.3, -0.25) is 4.79 Å². The summed E-state index contributed by atoms with van der Waals surface area (Å²) in [5, 5.41) is 4.80. The maximum absolute atomic E-state index is 12.6. The smallest absolute Gasteiger partial charge is 0.387 e. The molecule has 0 bridgehead atoms. The first-order valence-corrected chi connectivity index (χ1v) is 9.44. The zero-order valence-electron chi connectivity index (χ0n) is 15.0. The molecule has 3 aromatic rings. The summed E-state index contributed by atoms with van der Waals surface area (Å²) in [6.45, 7) is -0.438. The van der Waals surface area contributed by atoms with Gasteiger partial charge in [0.15, 0.2) is 5.13 Å². The van der Waals surface area contributed by atoms with E-state index in [-0.39, 0.29) is 18.1 Å². The van der Waals surface area contributed by atoms with E-state index in [0.29, 0.717) is 23.0 Å². The highest BCUT2D eigenvalue weighted by atomic mass is 32.1. The number of benzene rings is 2. The molecule has 0 aliphatic heterocycles. The third-order valence-corrected chi connectivity index (χ3v) is 4.49. The average molecular weight is 404 g/mol. The minimum atomic E-state index is -2.92. The van der Waals surface area contributed by atoms with Crippen molar-refractivity contribution in [1.29, 1.82) is 0 Å². The molecule has 146 valence electrons. The van der Waals surface area contributed by atoms with Crippen molar-refractivity contribution >= 4 is 22.4 Å². The van der Waals surface area contributed by atoms with E-state index in [1.807, 2.05) is 31.2 Å². The van der Waals surface area contributed by atoms with Gasteiger partial charge in [-0.1, -0.05) is 24.3 Å². The van der Waals surface area contributed by atoms with Crippen LogP contribution in [-0.4, -0.2) is 24.1 Å². The molecule has 0 fully saturated rings. The lowest BCUT2D eigenvalue weighted by Crippen LogP contribution is -2.14. The summed E-state index contributed by atoms with van der Waals surface area (Å²) in [7, 11) is 0. The Labute approximate surface area is 164 Å². The number of nitrogens with zero attached hydrogens (tertiary/aromatic N) is 1. The summed E-state index contributed by atoms with van der Waals surface area (Å²) in [4.78, 5) is 16.6. The maximum Gasteiger partial charge on any atom is 0.387 e. The molecular formula is C20H18F2N2O3S. The lowest BCUT2D eigenvalue weighted by Gasteiger charge is -2.08. The number of carbonyl (C=O) groups is 1. The lowest BCUT2D eigenvalue weighted by atomic mass is 10.1. The van der Waals surface area contributed by atoms with E-state index in [9.17, 15) is 13.6 Å². The predicted octanol–water partition coefficient (Wildman–Crippen LogP) is 4.99. The topological polar surface area (TPSA) is 60.5 Å². The lowest BCUT2D eigenvalue weighted by molar-refractivity contribution is -0.115. The molecule has 0 radical (unpaired) electrons. The van der Waals surface area contributed by atoms with Crippen LogP contribution in [0, 0.1) is 0 Å². The van der Waals surface area contributed by atoms with E-state index in [1.54, 1.807) is 23.6 Å². The second-order valence-electron chi connectivity index (χ2n) is 5.71. The van der Waals surface area contributed by atoms with E-state index in [1.165, 1.54) is 17.4 Å². The molecule has 0 atom stereocenters. The Balaban J connectivity index is 1.65. The number of aromatic nitrogens is 1. The molecule has 3 rings (SSSR count). The molecule has 1 amide bonds. The Morgan fingerprint density at radius 2 is 1.93 bits per heavy atom. The first-order valence-electron chi connectivity index (χ1n) is 8.56. The van der Waals surface area contributed by atoms with Gasteiger partial charge in [0.1, 0.15) is 11.5 Å². The van der Waals surface area contributed by atoms with Gasteiger partial charge in [0.2, 0.25) is 5.91 Å². The van der Waals surface area contributed by atoms with Crippen molar-refractivity contribution in [3.05, 3.63) is 59.5 Å². The molecule has 0 saturated heterocycles. The van der Waals surface area contributed by atoms with Crippen molar-refractivity contribution in [2.45, 2.75) is 20.0 Å². The summed E-state index contributed by atoms with van der Waals surface area (Å²) in [6.07, 6.45) is 0.187. The van der Waals surface area contributed by atoms with E-state index in [2.05, 4.69) is 15.0 Å². The summed E-state index contributed by atoms with van der Waals surface area (Å²) in [6, 6.07) is 13.7. The van der Waals surface area contributed by atoms with Crippen LogP contribution in [0.2, 0.25) is 0 Å². The maximum atomic E-state index is 12.6. The van der Waals surface area contributed by atoms with Gasteiger partial charge in [0.25, 0.3) is 0 Å². The van der Waals surface area contributed by atoms with Crippen molar-refractivity contribution in [2.24, 2.45) is 0 Å². The highest BCUT2D eigenvalue weighted by Crippen LogP contribution is 2.33. The van der Waals surface area contributed by atoms with Gasteiger partial charge in [-0.2, -0.15) is 8.78 Å². The predicted molar refractivity (Wildman–Crippen MR) is 104 cm³/mol. The fourth-order valence-electron chi connectivity index (χ4n) is 2.55. The first kappa shape index (κ1) is 19.8. The molecule has 5 nitrogen and oxygen atoms in total. The number of hydrogen-bond acceptors (Lipinski definition) is 5. The number of rotatable bonds is 8. The fourth-order valence-corrected chi connectivity index (χ4v) is 3.28. The Morgan fingerprint density at radius 1 is 1.18 bits per heavy atom. The Hall–Kier alpha value is -3.00. The van der Waals surface area contributed by atoms with Crippen molar-refractivity contribution in [3.63, 3.8) is 0 Å². The molecular weight excluding hydrogens is 386 g/mol. The van der Waals surface area contributed by atoms with Gasteiger partial charge in [-0.15, -0.1) is 11.3 Å². The van der Waals surface area contributed by atoms with Crippen molar-refractivity contribution in [1.82, 2.24) is 4.98 Å². The van der Waals surface area contributed by atoms with Gasteiger partial charge in [0.05, 0.1) is 18.7 Å². The van der Waals surface area contributed by atoms with Gasteiger partial charge < -0.3 is 14.8 Å². The molecule has 0 spiro atoms. The van der Waals surface area contributed by atoms with E-state index >= 15 is 0 Å².